The van der Waals surface area contributed by atoms with Crippen molar-refractivity contribution in [3.05, 3.63) is 59.2 Å². The molecule has 2 heterocycles. The van der Waals surface area contributed by atoms with Crippen molar-refractivity contribution in [1.29, 1.82) is 0 Å². The van der Waals surface area contributed by atoms with E-state index in [0.29, 0.717) is 42.7 Å². The molecule has 0 atom stereocenters. The zero-order valence-corrected chi connectivity index (χ0v) is 21.4. The van der Waals surface area contributed by atoms with Gasteiger partial charge in [0.25, 0.3) is 15.9 Å². The summed E-state index contributed by atoms with van der Waals surface area (Å²) in [6, 6.07) is 12.0. The first kappa shape index (κ1) is 25.2. The largest absolute Gasteiger partial charge is 0.342 e. The van der Waals surface area contributed by atoms with Gasteiger partial charge in [0.15, 0.2) is 0 Å². The molecule has 0 saturated carbocycles. The summed E-state index contributed by atoms with van der Waals surface area (Å²) in [5.41, 5.74) is 2.35. The van der Waals surface area contributed by atoms with Gasteiger partial charge in [0.2, 0.25) is 5.91 Å². The van der Waals surface area contributed by atoms with Gasteiger partial charge < -0.3 is 9.80 Å². The lowest BCUT2D eigenvalue weighted by Gasteiger charge is -2.34. The van der Waals surface area contributed by atoms with Gasteiger partial charge in [0.05, 0.1) is 4.90 Å². The third-order valence-corrected chi connectivity index (χ3v) is 8.57. The number of carbonyl (C=O) groups is 2. The van der Waals surface area contributed by atoms with Crippen LogP contribution in [0, 0.1) is 19.8 Å². The van der Waals surface area contributed by atoms with Crippen molar-refractivity contribution in [2.45, 2.75) is 57.3 Å². The summed E-state index contributed by atoms with van der Waals surface area (Å²) in [5, 5.41) is 0. The first-order valence-corrected chi connectivity index (χ1v) is 14.0. The maximum absolute atomic E-state index is 13.2. The smallest absolute Gasteiger partial charge is 0.262 e. The molecule has 2 fully saturated rings. The van der Waals surface area contributed by atoms with Crippen molar-refractivity contribution in [3.63, 3.8) is 0 Å². The van der Waals surface area contributed by atoms with Gasteiger partial charge in [-0.15, -0.1) is 0 Å². The third kappa shape index (κ3) is 6.04. The van der Waals surface area contributed by atoms with E-state index in [1.54, 1.807) is 42.2 Å². The Hall–Kier alpha value is -2.87. The molecule has 0 aliphatic carbocycles. The Morgan fingerprint density at radius 1 is 0.857 bits per heavy atom. The molecular weight excluding hydrogens is 462 g/mol. The molecule has 4 rings (SSSR count). The summed E-state index contributed by atoms with van der Waals surface area (Å²) >= 11 is 0. The molecule has 2 aliphatic rings. The molecule has 7 nitrogen and oxygen atoms in total. The molecule has 2 aromatic rings. The Balaban J connectivity index is 1.43. The topological polar surface area (TPSA) is 86.8 Å². The van der Waals surface area contributed by atoms with Crippen LogP contribution in [0.5, 0.6) is 0 Å². The fourth-order valence-electron chi connectivity index (χ4n) is 5.00. The molecule has 8 heteroatoms. The number of sulfonamides is 1. The van der Waals surface area contributed by atoms with Crippen LogP contribution in [0.3, 0.4) is 0 Å². The van der Waals surface area contributed by atoms with Crippen molar-refractivity contribution in [1.82, 2.24) is 9.80 Å². The van der Waals surface area contributed by atoms with E-state index in [0.717, 1.165) is 31.5 Å². The van der Waals surface area contributed by atoms with Crippen LogP contribution in [0.1, 0.15) is 60.0 Å². The molecule has 0 spiro atoms. The van der Waals surface area contributed by atoms with Gasteiger partial charge in [0.1, 0.15) is 0 Å². The van der Waals surface area contributed by atoms with Crippen molar-refractivity contribution in [2.75, 3.05) is 30.9 Å². The first-order chi connectivity index (χ1) is 16.7. The van der Waals surface area contributed by atoms with Crippen LogP contribution in [0.4, 0.5) is 5.69 Å². The van der Waals surface area contributed by atoms with Gasteiger partial charge in [-0.2, -0.15) is 0 Å². The Morgan fingerprint density at radius 3 is 2.20 bits per heavy atom. The minimum Gasteiger partial charge on any atom is -0.342 e. The monoisotopic (exact) mass is 497 g/mol. The van der Waals surface area contributed by atoms with Crippen LogP contribution in [0.25, 0.3) is 0 Å². The average Bonchev–Trinajstić information content (AvgIpc) is 3.13. The van der Waals surface area contributed by atoms with Crippen molar-refractivity contribution >= 4 is 27.5 Å². The molecule has 0 bridgehead atoms. The highest BCUT2D eigenvalue weighted by Gasteiger charge is 2.31. The Morgan fingerprint density at radius 2 is 1.54 bits per heavy atom. The number of aryl methyl sites for hydroxylation is 2. The summed E-state index contributed by atoms with van der Waals surface area (Å²) in [6.07, 6.45) is 5.80. The minimum absolute atomic E-state index is 0.0374. The number of piperidine rings is 1. The highest BCUT2D eigenvalue weighted by molar-refractivity contribution is 7.92. The molecule has 2 aliphatic heterocycles. The molecule has 2 aromatic carbocycles. The zero-order valence-electron chi connectivity index (χ0n) is 20.6. The van der Waals surface area contributed by atoms with Gasteiger partial charge >= 0.3 is 0 Å². The van der Waals surface area contributed by atoms with Crippen LogP contribution in [-0.4, -0.2) is 56.2 Å². The number of likely N-dealkylation sites (tertiary alicyclic amines) is 2. The van der Waals surface area contributed by atoms with Crippen molar-refractivity contribution in [3.8, 4) is 0 Å². The molecule has 2 saturated heterocycles. The van der Waals surface area contributed by atoms with Gasteiger partial charge in [-0.25, -0.2) is 8.42 Å². The van der Waals surface area contributed by atoms with Crippen LogP contribution in [0.15, 0.2) is 47.4 Å². The Labute approximate surface area is 208 Å². The molecule has 1 N–H and O–H groups in total. The van der Waals surface area contributed by atoms with E-state index in [2.05, 4.69) is 4.72 Å². The number of rotatable bonds is 5. The summed E-state index contributed by atoms with van der Waals surface area (Å²) in [5.74, 6) is -0.00718. The quantitative estimate of drug-likeness (QED) is 0.665. The number of anilines is 1. The predicted octanol–water partition coefficient (Wildman–Crippen LogP) is 4.36. The van der Waals surface area contributed by atoms with Gasteiger partial charge in [-0.05, 0) is 74.9 Å². The number of nitrogens with one attached hydrogen (secondary N) is 1. The van der Waals surface area contributed by atoms with Gasteiger partial charge in [0, 0.05) is 43.3 Å². The fourth-order valence-corrected chi connectivity index (χ4v) is 6.32. The normalized spacial score (nSPS) is 17.7. The lowest BCUT2D eigenvalue weighted by molar-refractivity contribution is -0.136. The van der Waals surface area contributed by atoms with Gasteiger partial charge in [-0.1, -0.05) is 31.0 Å². The maximum atomic E-state index is 13.2. The Kier molecular flexibility index (Phi) is 7.79. The average molecular weight is 498 g/mol. The zero-order chi connectivity index (χ0) is 25.0. The Bertz CT molecular complexity index is 1180. The number of nitrogens with zero attached hydrogens (tertiary/aromatic N) is 2. The van der Waals surface area contributed by atoms with Crippen LogP contribution in [0.2, 0.25) is 0 Å². The second-order valence-corrected chi connectivity index (χ2v) is 11.4. The van der Waals surface area contributed by atoms with E-state index in [1.807, 2.05) is 17.9 Å². The standard InChI is InChI=1S/C27H35N3O4S/c1-20-8-7-9-24(18-20)28-35(33,34)25-19-23(11-10-21(25)2)27(32)30-16-12-22(13-17-30)26(31)29-14-5-3-4-6-15-29/h7-11,18-19,22,28H,3-6,12-17H2,1-2H3. The second-order valence-electron chi connectivity index (χ2n) is 9.76. The number of hydrogen-bond donors (Lipinski definition) is 1. The predicted molar refractivity (Wildman–Crippen MR) is 137 cm³/mol. The lowest BCUT2D eigenvalue weighted by Crippen LogP contribution is -2.44. The fraction of sp³-hybridized carbons (Fsp3) is 0.481. The summed E-state index contributed by atoms with van der Waals surface area (Å²) < 4.78 is 28.8. The second kappa shape index (κ2) is 10.8. The number of amides is 2. The van der Waals surface area contributed by atoms with Crippen LogP contribution in [-0.2, 0) is 14.8 Å². The van der Waals surface area contributed by atoms with E-state index in [4.69, 9.17) is 0 Å². The van der Waals surface area contributed by atoms with Gasteiger partial charge in [-0.3, -0.25) is 14.3 Å². The van der Waals surface area contributed by atoms with Crippen molar-refractivity contribution < 1.29 is 18.0 Å². The lowest BCUT2D eigenvalue weighted by atomic mass is 9.94. The number of benzene rings is 2. The molecule has 0 aromatic heterocycles. The third-order valence-electron chi connectivity index (χ3n) is 7.04. The van der Waals surface area contributed by atoms with E-state index < -0.39 is 10.0 Å². The maximum Gasteiger partial charge on any atom is 0.262 e. The summed E-state index contributed by atoms with van der Waals surface area (Å²) in [6.45, 7) is 6.30. The summed E-state index contributed by atoms with van der Waals surface area (Å²) in [4.78, 5) is 30.0. The highest BCUT2D eigenvalue weighted by Crippen LogP contribution is 2.25. The van der Waals surface area contributed by atoms with E-state index in [1.165, 1.54) is 18.9 Å². The molecule has 0 unspecified atom stereocenters. The first-order valence-electron chi connectivity index (χ1n) is 12.5. The van der Waals surface area contributed by atoms with Crippen molar-refractivity contribution in [2.24, 2.45) is 5.92 Å². The minimum atomic E-state index is -3.85. The van der Waals surface area contributed by atoms with Crippen LogP contribution >= 0.6 is 0 Å². The van der Waals surface area contributed by atoms with E-state index in [-0.39, 0.29) is 22.6 Å². The van der Waals surface area contributed by atoms with Crippen LogP contribution < -0.4 is 4.72 Å². The SMILES string of the molecule is Cc1cccc(NS(=O)(=O)c2cc(C(=O)N3CCC(C(=O)N4CCCCCC4)CC3)ccc2C)c1. The number of hydrogen-bond acceptors (Lipinski definition) is 4. The van der Waals surface area contributed by atoms with E-state index >= 15 is 0 Å². The number of carbonyl (C=O) groups excluding carboxylic acids is 2. The van der Waals surface area contributed by atoms with E-state index in [9.17, 15) is 18.0 Å². The molecule has 35 heavy (non-hydrogen) atoms. The molecule has 2 amide bonds. The molecular formula is C27H35N3O4S. The molecule has 0 radical (unpaired) electrons. The highest BCUT2D eigenvalue weighted by atomic mass is 32.2. The summed E-state index contributed by atoms with van der Waals surface area (Å²) in [7, 11) is -3.85. The molecule has 188 valence electrons.